The standard InChI is InChI=1S/C13H18BrNO3/c14-12-3-1-2-11(10-12)4-5-13(18)15(6-8-16)7-9-17/h1-3,10,16-17H,4-9H2. The number of nitrogens with zero attached hydrogens (tertiary/aromatic N) is 1. The van der Waals surface area contributed by atoms with E-state index in [0.717, 1.165) is 10.0 Å². The molecular weight excluding hydrogens is 298 g/mol. The van der Waals surface area contributed by atoms with Gasteiger partial charge >= 0.3 is 0 Å². The Morgan fingerprint density at radius 2 is 1.89 bits per heavy atom. The lowest BCUT2D eigenvalue weighted by atomic mass is 10.1. The monoisotopic (exact) mass is 315 g/mol. The Labute approximate surface area is 115 Å². The molecule has 0 aliphatic heterocycles. The average Bonchev–Trinajstić information content (AvgIpc) is 2.36. The Balaban J connectivity index is 2.48. The maximum Gasteiger partial charge on any atom is 0.223 e. The summed E-state index contributed by atoms with van der Waals surface area (Å²) in [5.41, 5.74) is 1.09. The van der Waals surface area contributed by atoms with Gasteiger partial charge in [-0.1, -0.05) is 28.1 Å². The summed E-state index contributed by atoms with van der Waals surface area (Å²) in [5.74, 6) is -0.0434. The average molecular weight is 316 g/mol. The normalized spacial score (nSPS) is 10.4. The molecule has 100 valence electrons. The molecule has 0 radical (unpaired) electrons. The van der Waals surface area contributed by atoms with Crippen LogP contribution in [0.15, 0.2) is 28.7 Å². The van der Waals surface area contributed by atoms with Crippen LogP contribution in [-0.2, 0) is 11.2 Å². The second kappa shape index (κ2) is 8.24. The van der Waals surface area contributed by atoms with Gasteiger partial charge in [-0.25, -0.2) is 0 Å². The fourth-order valence-corrected chi connectivity index (χ4v) is 2.15. The summed E-state index contributed by atoms with van der Waals surface area (Å²) in [7, 11) is 0. The molecule has 1 aromatic rings. The van der Waals surface area contributed by atoms with E-state index in [9.17, 15) is 4.79 Å². The van der Waals surface area contributed by atoms with Gasteiger partial charge in [-0.15, -0.1) is 0 Å². The molecule has 1 rings (SSSR count). The van der Waals surface area contributed by atoms with E-state index in [1.54, 1.807) is 0 Å². The molecule has 2 N–H and O–H groups in total. The van der Waals surface area contributed by atoms with E-state index >= 15 is 0 Å². The second-order valence-corrected chi connectivity index (χ2v) is 4.87. The quantitative estimate of drug-likeness (QED) is 0.794. The Morgan fingerprint density at radius 1 is 1.22 bits per heavy atom. The molecule has 0 spiro atoms. The molecule has 0 atom stereocenters. The number of aryl methyl sites for hydroxylation is 1. The number of carbonyl (C=O) groups is 1. The maximum absolute atomic E-state index is 11.9. The van der Waals surface area contributed by atoms with Crippen LogP contribution in [0.1, 0.15) is 12.0 Å². The van der Waals surface area contributed by atoms with Crippen LogP contribution in [0.3, 0.4) is 0 Å². The predicted molar refractivity (Wildman–Crippen MR) is 73.2 cm³/mol. The Bertz CT molecular complexity index is 378. The van der Waals surface area contributed by atoms with Gasteiger partial charge in [0, 0.05) is 24.0 Å². The minimum Gasteiger partial charge on any atom is -0.395 e. The number of hydrogen-bond acceptors (Lipinski definition) is 3. The van der Waals surface area contributed by atoms with E-state index in [4.69, 9.17) is 10.2 Å². The lowest BCUT2D eigenvalue weighted by Crippen LogP contribution is -2.35. The molecule has 1 amide bonds. The highest BCUT2D eigenvalue weighted by molar-refractivity contribution is 9.10. The Morgan fingerprint density at radius 3 is 2.44 bits per heavy atom. The lowest BCUT2D eigenvalue weighted by molar-refractivity contribution is -0.132. The van der Waals surface area contributed by atoms with Gasteiger partial charge in [0.2, 0.25) is 5.91 Å². The molecule has 0 bridgehead atoms. The molecule has 0 aromatic heterocycles. The number of halogens is 1. The van der Waals surface area contributed by atoms with Crippen molar-refractivity contribution in [1.29, 1.82) is 0 Å². The third-order valence-electron chi connectivity index (χ3n) is 2.61. The van der Waals surface area contributed by atoms with Gasteiger partial charge in [-0.05, 0) is 24.1 Å². The van der Waals surface area contributed by atoms with Gasteiger partial charge in [0.05, 0.1) is 13.2 Å². The van der Waals surface area contributed by atoms with E-state index in [-0.39, 0.29) is 32.2 Å². The second-order valence-electron chi connectivity index (χ2n) is 3.96. The van der Waals surface area contributed by atoms with E-state index in [2.05, 4.69) is 15.9 Å². The van der Waals surface area contributed by atoms with Crippen molar-refractivity contribution in [2.75, 3.05) is 26.3 Å². The molecule has 1 aromatic carbocycles. The van der Waals surface area contributed by atoms with Gasteiger partial charge in [0.1, 0.15) is 0 Å². The van der Waals surface area contributed by atoms with Crippen LogP contribution in [0.25, 0.3) is 0 Å². The zero-order valence-corrected chi connectivity index (χ0v) is 11.8. The van der Waals surface area contributed by atoms with Gasteiger partial charge in [-0.2, -0.15) is 0 Å². The van der Waals surface area contributed by atoms with Crippen LogP contribution in [0.4, 0.5) is 0 Å². The van der Waals surface area contributed by atoms with E-state index in [1.165, 1.54) is 4.90 Å². The van der Waals surface area contributed by atoms with E-state index in [1.807, 2.05) is 24.3 Å². The fourth-order valence-electron chi connectivity index (χ4n) is 1.70. The zero-order valence-electron chi connectivity index (χ0n) is 10.2. The highest BCUT2D eigenvalue weighted by atomic mass is 79.9. The SMILES string of the molecule is O=C(CCc1cccc(Br)c1)N(CCO)CCO. The first-order valence-corrected chi connectivity index (χ1v) is 6.70. The molecule has 5 heteroatoms. The molecule has 0 saturated carbocycles. The molecular formula is C13H18BrNO3. The van der Waals surface area contributed by atoms with Crippen molar-refractivity contribution in [2.45, 2.75) is 12.8 Å². The Hall–Kier alpha value is -0.910. The highest BCUT2D eigenvalue weighted by Gasteiger charge is 2.12. The smallest absolute Gasteiger partial charge is 0.223 e. The van der Waals surface area contributed by atoms with Crippen LogP contribution < -0.4 is 0 Å². The van der Waals surface area contributed by atoms with E-state index < -0.39 is 0 Å². The summed E-state index contributed by atoms with van der Waals surface area (Å²) < 4.78 is 0.995. The van der Waals surface area contributed by atoms with Crippen LogP contribution in [-0.4, -0.2) is 47.3 Å². The predicted octanol–water partition coefficient (Wildman–Crippen LogP) is 1.19. The summed E-state index contributed by atoms with van der Waals surface area (Å²) in [4.78, 5) is 13.4. The summed E-state index contributed by atoms with van der Waals surface area (Å²) in [6, 6.07) is 7.83. The number of hydrogen-bond donors (Lipinski definition) is 2. The van der Waals surface area contributed by atoms with Gasteiger partial charge < -0.3 is 15.1 Å². The summed E-state index contributed by atoms with van der Waals surface area (Å²) in [6.07, 6.45) is 1.04. The summed E-state index contributed by atoms with van der Waals surface area (Å²) in [5, 5.41) is 17.7. The number of rotatable bonds is 7. The largest absolute Gasteiger partial charge is 0.395 e. The number of amides is 1. The van der Waals surface area contributed by atoms with Crippen LogP contribution in [0.5, 0.6) is 0 Å². The topological polar surface area (TPSA) is 60.8 Å². The van der Waals surface area contributed by atoms with Gasteiger partial charge in [-0.3, -0.25) is 4.79 Å². The third kappa shape index (κ3) is 5.16. The van der Waals surface area contributed by atoms with Crippen molar-refractivity contribution in [3.8, 4) is 0 Å². The number of benzene rings is 1. The minimum atomic E-state index is -0.0807. The molecule has 0 aliphatic rings. The van der Waals surface area contributed by atoms with Crippen LogP contribution in [0, 0.1) is 0 Å². The fraction of sp³-hybridized carbons (Fsp3) is 0.462. The first-order chi connectivity index (χ1) is 8.67. The summed E-state index contributed by atoms with van der Waals surface area (Å²) >= 11 is 3.39. The minimum absolute atomic E-state index is 0.0434. The number of carbonyl (C=O) groups excluding carboxylic acids is 1. The molecule has 0 aliphatic carbocycles. The molecule has 0 heterocycles. The maximum atomic E-state index is 11.9. The van der Waals surface area contributed by atoms with Crippen molar-refractivity contribution < 1.29 is 15.0 Å². The molecule has 0 saturated heterocycles. The van der Waals surface area contributed by atoms with Gasteiger partial charge in [0.15, 0.2) is 0 Å². The molecule has 0 unspecified atom stereocenters. The van der Waals surface area contributed by atoms with Crippen LogP contribution >= 0.6 is 15.9 Å². The molecule has 4 nitrogen and oxygen atoms in total. The molecule has 0 fully saturated rings. The van der Waals surface area contributed by atoms with Crippen molar-refractivity contribution >= 4 is 21.8 Å². The zero-order chi connectivity index (χ0) is 13.4. The number of aliphatic hydroxyl groups is 2. The van der Waals surface area contributed by atoms with E-state index in [0.29, 0.717) is 12.8 Å². The van der Waals surface area contributed by atoms with Crippen molar-refractivity contribution in [3.05, 3.63) is 34.3 Å². The highest BCUT2D eigenvalue weighted by Crippen LogP contribution is 2.13. The first kappa shape index (κ1) is 15.1. The third-order valence-corrected chi connectivity index (χ3v) is 3.10. The summed E-state index contributed by atoms with van der Waals surface area (Å²) in [6.45, 7) is 0.390. The van der Waals surface area contributed by atoms with Gasteiger partial charge in [0.25, 0.3) is 0 Å². The first-order valence-electron chi connectivity index (χ1n) is 5.91. The van der Waals surface area contributed by atoms with Crippen molar-refractivity contribution in [2.24, 2.45) is 0 Å². The lowest BCUT2D eigenvalue weighted by Gasteiger charge is -2.20. The van der Waals surface area contributed by atoms with Crippen molar-refractivity contribution in [3.63, 3.8) is 0 Å². The van der Waals surface area contributed by atoms with Crippen molar-refractivity contribution in [1.82, 2.24) is 4.90 Å². The molecule has 18 heavy (non-hydrogen) atoms. The van der Waals surface area contributed by atoms with Crippen LogP contribution in [0.2, 0.25) is 0 Å². The number of aliphatic hydroxyl groups excluding tert-OH is 2. The Kier molecular flexibility index (Phi) is 6.93.